The summed E-state index contributed by atoms with van der Waals surface area (Å²) in [6.07, 6.45) is 13.1. The van der Waals surface area contributed by atoms with Gasteiger partial charge in [0.25, 0.3) is 5.92 Å². The van der Waals surface area contributed by atoms with E-state index in [1.807, 2.05) is 13.0 Å². The van der Waals surface area contributed by atoms with Crippen molar-refractivity contribution in [1.29, 1.82) is 0 Å². The van der Waals surface area contributed by atoms with Gasteiger partial charge in [-0.3, -0.25) is 0 Å². The Morgan fingerprint density at radius 1 is 0.897 bits per heavy atom. The molecular weight excluding hydrogens is 366 g/mol. The number of benzene rings is 1. The van der Waals surface area contributed by atoms with Crippen LogP contribution in [0.4, 0.5) is 8.78 Å². The van der Waals surface area contributed by atoms with Crippen molar-refractivity contribution < 1.29 is 13.5 Å². The second-order valence-corrected chi connectivity index (χ2v) is 8.39. The molecule has 1 aromatic rings. The van der Waals surface area contributed by atoms with Gasteiger partial charge in [0.15, 0.2) is 0 Å². The van der Waals surface area contributed by atoms with Crippen LogP contribution in [0.1, 0.15) is 63.0 Å². The number of hydrogen-bond acceptors (Lipinski definition) is 1. The van der Waals surface area contributed by atoms with Crippen LogP contribution in [0.25, 0.3) is 12.2 Å². The van der Waals surface area contributed by atoms with E-state index in [-0.39, 0.29) is 12.3 Å². The molecule has 2 saturated carbocycles. The van der Waals surface area contributed by atoms with Crippen molar-refractivity contribution in [2.45, 2.75) is 63.9 Å². The molecule has 0 saturated heterocycles. The summed E-state index contributed by atoms with van der Waals surface area (Å²) in [5, 5.41) is 0. The van der Waals surface area contributed by atoms with Gasteiger partial charge < -0.3 is 4.74 Å². The van der Waals surface area contributed by atoms with Crippen LogP contribution in [0.5, 0.6) is 0 Å². The zero-order valence-electron chi connectivity index (χ0n) is 17.5. The van der Waals surface area contributed by atoms with Crippen molar-refractivity contribution in [2.24, 2.45) is 17.8 Å². The first-order valence-electron chi connectivity index (χ1n) is 10.8. The van der Waals surface area contributed by atoms with Gasteiger partial charge in [0.1, 0.15) is 6.10 Å². The summed E-state index contributed by atoms with van der Waals surface area (Å²) >= 11 is 0. The van der Waals surface area contributed by atoms with Crippen LogP contribution in [0.3, 0.4) is 0 Å². The highest BCUT2D eigenvalue weighted by molar-refractivity contribution is 5.55. The number of methoxy groups -OCH3 is 1. The van der Waals surface area contributed by atoms with E-state index >= 15 is 0 Å². The lowest BCUT2D eigenvalue weighted by Gasteiger charge is -2.33. The molecule has 29 heavy (non-hydrogen) atoms. The van der Waals surface area contributed by atoms with Gasteiger partial charge in [0, 0.05) is 25.4 Å². The molecule has 156 valence electrons. The Labute approximate surface area is 174 Å². The van der Waals surface area contributed by atoms with E-state index in [9.17, 15) is 8.78 Å². The fraction of sp³-hybridized carbons (Fsp3) is 0.538. The van der Waals surface area contributed by atoms with Crippen LogP contribution in [-0.2, 0) is 4.74 Å². The van der Waals surface area contributed by atoms with E-state index in [1.54, 1.807) is 0 Å². The summed E-state index contributed by atoms with van der Waals surface area (Å²) in [6, 6.07) is 8.57. The van der Waals surface area contributed by atoms with E-state index in [0.717, 1.165) is 25.7 Å². The Morgan fingerprint density at radius 3 is 2.07 bits per heavy atom. The van der Waals surface area contributed by atoms with Gasteiger partial charge in [0.05, 0.1) is 0 Å². The first kappa shape index (κ1) is 21.8. The Bertz CT molecular complexity index is 758. The molecule has 2 aliphatic rings. The maximum absolute atomic E-state index is 14.0. The minimum Gasteiger partial charge on any atom is -0.375 e. The third-order valence-corrected chi connectivity index (χ3v) is 6.17. The van der Waals surface area contributed by atoms with Crippen LogP contribution in [0, 0.1) is 29.6 Å². The van der Waals surface area contributed by atoms with Gasteiger partial charge in [-0.15, -0.1) is 0 Å². The van der Waals surface area contributed by atoms with Crippen LogP contribution < -0.4 is 0 Å². The zero-order chi connectivity index (χ0) is 20.7. The Hall–Kier alpha value is -1.92. The molecule has 0 bridgehead atoms. The largest absolute Gasteiger partial charge is 0.375 e. The number of halogens is 2. The highest BCUT2D eigenvalue weighted by Gasteiger charge is 2.45. The second kappa shape index (κ2) is 10.2. The quantitative estimate of drug-likeness (QED) is 0.497. The Morgan fingerprint density at radius 2 is 1.48 bits per heavy atom. The topological polar surface area (TPSA) is 9.23 Å². The summed E-state index contributed by atoms with van der Waals surface area (Å²) in [5.41, 5.74) is 2.45. The number of hydrogen-bond donors (Lipinski definition) is 0. The van der Waals surface area contributed by atoms with Gasteiger partial charge >= 0.3 is 0 Å². The van der Waals surface area contributed by atoms with Gasteiger partial charge in [-0.05, 0) is 62.5 Å². The van der Waals surface area contributed by atoms with Crippen LogP contribution in [0.2, 0.25) is 0 Å². The fourth-order valence-corrected chi connectivity index (χ4v) is 4.39. The zero-order valence-corrected chi connectivity index (χ0v) is 17.5. The first-order chi connectivity index (χ1) is 14.0. The first-order valence-corrected chi connectivity index (χ1v) is 10.8. The Balaban J connectivity index is 1.46. The molecule has 0 aromatic heterocycles. The van der Waals surface area contributed by atoms with E-state index in [2.05, 4.69) is 54.3 Å². The average molecular weight is 399 g/mol. The molecule has 0 spiro atoms. The van der Waals surface area contributed by atoms with Gasteiger partial charge in [-0.2, -0.15) is 0 Å². The monoisotopic (exact) mass is 398 g/mol. The molecular formula is C26H32F2O. The van der Waals surface area contributed by atoms with Crippen molar-refractivity contribution in [3.8, 4) is 11.8 Å². The lowest BCUT2D eigenvalue weighted by molar-refractivity contribution is -0.152. The van der Waals surface area contributed by atoms with E-state index in [4.69, 9.17) is 4.74 Å². The molecule has 2 atom stereocenters. The number of alkyl halides is 2. The molecule has 2 fully saturated rings. The van der Waals surface area contributed by atoms with E-state index < -0.39 is 12.0 Å². The predicted molar refractivity (Wildman–Crippen MR) is 116 cm³/mol. The summed E-state index contributed by atoms with van der Waals surface area (Å²) in [4.78, 5) is 0. The summed E-state index contributed by atoms with van der Waals surface area (Å²) in [7, 11) is 1.37. The van der Waals surface area contributed by atoms with E-state index in [0.29, 0.717) is 24.7 Å². The number of ether oxygens (including phenoxy) is 1. The SMILES string of the molecule is C/C=C/c1ccc(/C=C/C2CCC(C#CC3CCC(OC)C(F)(F)C3)CC2)cc1. The van der Waals surface area contributed by atoms with Gasteiger partial charge in [0.2, 0.25) is 0 Å². The average Bonchev–Trinajstić information content (AvgIpc) is 2.72. The standard InChI is InChI=1S/C26H32F2O/c1-3-4-20-5-7-21(8-6-20)9-10-22-11-13-23(14-12-22)15-16-24-17-18-25(29-2)26(27,28)19-24/h3-10,22-25H,11-14,17-19H2,1-2H3/b4-3+,10-9+. The minimum absolute atomic E-state index is 0.163. The molecule has 3 heteroatoms. The predicted octanol–water partition coefficient (Wildman–Crippen LogP) is 6.99. The number of rotatable bonds is 4. The molecule has 0 N–H and O–H groups in total. The third kappa shape index (κ3) is 6.28. The van der Waals surface area contributed by atoms with Crippen LogP contribution >= 0.6 is 0 Å². The molecule has 1 aromatic carbocycles. The molecule has 2 unspecified atom stereocenters. The van der Waals surface area contributed by atoms with Crippen molar-refractivity contribution in [2.75, 3.05) is 7.11 Å². The Kier molecular flexibility index (Phi) is 7.67. The third-order valence-electron chi connectivity index (χ3n) is 6.17. The lowest BCUT2D eigenvalue weighted by atomic mass is 9.80. The highest BCUT2D eigenvalue weighted by Crippen LogP contribution is 2.38. The van der Waals surface area contributed by atoms with Crippen LogP contribution in [0.15, 0.2) is 36.4 Å². The molecule has 2 aliphatic carbocycles. The minimum atomic E-state index is -2.75. The molecule has 3 rings (SSSR count). The van der Waals surface area contributed by atoms with Gasteiger partial charge in [-0.25, -0.2) is 8.78 Å². The van der Waals surface area contributed by atoms with Crippen LogP contribution in [-0.4, -0.2) is 19.1 Å². The molecule has 1 nitrogen and oxygen atoms in total. The van der Waals surface area contributed by atoms with Crippen molar-refractivity contribution in [1.82, 2.24) is 0 Å². The maximum atomic E-state index is 14.0. The summed E-state index contributed by atoms with van der Waals surface area (Å²) in [5.74, 6) is 4.49. The lowest BCUT2D eigenvalue weighted by Crippen LogP contribution is -2.41. The second-order valence-electron chi connectivity index (χ2n) is 8.39. The molecule has 0 amide bonds. The van der Waals surface area contributed by atoms with Gasteiger partial charge in [-0.1, -0.05) is 60.4 Å². The molecule has 0 aliphatic heterocycles. The van der Waals surface area contributed by atoms with Crippen molar-refractivity contribution >= 4 is 12.2 Å². The summed E-state index contributed by atoms with van der Waals surface area (Å²) in [6.45, 7) is 2.02. The normalized spacial score (nSPS) is 29.7. The summed E-state index contributed by atoms with van der Waals surface area (Å²) < 4.78 is 33.0. The highest BCUT2D eigenvalue weighted by atomic mass is 19.3. The fourth-order valence-electron chi connectivity index (χ4n) is 4.39. The van der Waals surface area contributed by atoms with Crippen molar-refractivity contribution in [3.05, 3.63) is 47.5 Å². The molecule has 0 radical (unpaired) electrons. The smallest absolute Gasteiger partial charge is 0.274 e. The maximum Gasteiger partial charge on any atom is 0.274 e. The number of allylic oxidation sites excluding steroid dienone is 2. The van der Waals surface area contributed by atoms with E-state index in [1.165, 1.54) is 18.2 Å². The van der Waals surface area contributed by atoms with Crippen molar-refractivity contribution in [3.63, 3.8) is 0 Å². The molecule has 0 heterocycles.